The molecule has 124 valence electrons. The molecule has 0 aliphatic carbocycles. The Hall–Kier alpha value is -1.73. The maximum Gasteiger partial charge on any atom is 0.262 e. The monoisotopic (exact) mass is 334 g/mol. The number of hydrogen-bond donors (Lipinski definition) is 1. The van der Waals surface area contributed by atoms with Gasteiger partial charge in [-0.3, -0.25) is 14.2 Å². The summed E-state index contributed by atoms with van der Waals surface area (Å²) in [6.07, 6.45) is 2.66. The van der Waals surface area contributed by atoms with E-state index in [0.29, 0.717) is 31.4 Å². The minimum absolute atomic E-state index is 0.0676. The molecule has 1 aliphatic heterocycles. The summed E-state index contributed by atoms with van der Waals surface area (Å²) in [5.41, 5.74) is 5.97. The van der Waals surface area contributed by atoms with E-state index in [9.17, 15) is 9.59 Å². The first-order valence-electron chi connectivity index (χ1n) is 7.84. The van der Waals surface area contributed by atoms with Gasteiger partial charge in [0.2, 0.25) is 5.91 Å². The first-order chi connectivity index (χ1) is 10.9. The van der Waals surface area contributed by atoms with E-state index < -0.39 is 0 Å². The summed E-state index contributed by atoms with van der Waals surface area (Å²) in [6.45, 7) is 5.91. The van der Waals surface area contributed by atoms with Crippen molar-refractivity contribution in [1.82, 2.24) is 14.5 Å². The third-order valence-corrected chi connectivity index (χ3v) is 5.50. The van der Waals surface area contributed by atoms with E-state index in [0.717, 1.165) is 11.3 Å². The molecule has 2 aromatic heterocycles. The Morgan fingerprint density at radius 1 is 1.52 bits per heavy atom. The zero-order valence-corrected chi connectivity index (χ0v) is 14.3. The summed E-state index contributed by atoms with van der Waals surface area (Å²) in [4.78, 5) is 31.6. The van der Waals surface area contributed by atoms with E-state index >= 15 is 0 Å². The highest BCUT2D eigenvalue weighted by Gasteiger charge is 2.35. The normalized spacial score (nSPS) is 20.8. The van der Waals surface area contributed by atoms with Gasteiger partial charge in [0.15, 0.2) is 0 Å². The van der Waals surface area contributed by atoms with Crippen molar-refractivity contribution in [2.24, 2.45) is 11.1 Å². The Bertz CT molecular complexity index is 780. The minimum atomic E-state index is -0.0787. The number of rotatable bonds is 3. The molecule has 1 saturated heterocycles. The summed E-state index contributed by atoms with van der Waals surface area (Å²) in [7, 11) is 0. The Morgan fingerprint density at radius 3 is 3.04 bits per heavy atom. The molecule has 1 amide bonds. The first-order valence-corrected chi connectivity index (χ1v) is 8.72. The second kappa shape index (κ2) is 6.05. The lowest BCUT2D eigenvalue weighted by molar-refractivity contribution is -0.134. The van der Waals surface area contributed by atoms with Gasteiger partial charge in [0.1, 0.15) is 4.83 Å². The molecule has 3 heterocycles. The molecular formula is C16H22N4O2S. The van der Waals surface area contributed by atoms with E-state index in [4.69, 9.17) is 5.73 Å². The number of piperidine rings is 1. The van der Waals surface area contributed by atoms with Crippen LogP contribution in [0.2, 0.25) is 0 Å². The second-order valence-electron chi connectivity index (χ2n) is 6.83. The van der Waals surface area contributed by atoms with Crippen molar-refractivity contribution in [3.8, 4) is 0 Å². The van der Waals surface area contributed by atoms with Crippen LogP contribution in [0.5, 0.6) is 0 Å². The topological polar surface area (TPSA) is 81.2 Å². The van der Waals surface area contributed by atoms with Crippen LogP contribution in [0.1, 0.15) is 26.7 Å². The molecule has 7 heteroatoms. The average Bonchev–Trinajstić information content (AvgIpc) is 2.98. The van der Waals surface area contributed by atoms with Crippen LogP contribution in [0, 0.1) is 5.41 Å². The maximum atomic E-state index is 12.4. The molecule has 2 aromatic rings. The number of hydrogen-bond acceptors (Lipinski definition) is 5. The fourth-order valence-electron chi connectivity index (χ4n) is 3.01. The first kappa shape index (κ1) is 16.1. The Kier molecular flexibility index (Phi) is 4.25. The second-order valence-corrected chi connectivity index (χ2v) is 7.73. The largest absolute Gasteiger partial charge is 0.342 e. The molecule has 0 saturated carbocycles. The predicted molar refractivity (Wildman–Crippen MR) is 91.5 cm³/mol. The standard InChI is InChI=1S/C16H22N4O2S/c1-16(2)9-19(6-3-12(16)17)13(21)4-7-20-10-18-14-11(15(20)22)5-8-23-14/h5,8,10,12H,3-4,6-7,9,17H2,1-2H3. The van der Waals surface area contributed by atoms with Gasteiger partial charge in [-0.05, 0) is 23.3 Å². The summed E-state index contributed by atoms with van der Waals surface area (Å²) in [5.74, 6) is 0.0716. The minimum Gasteiger partial charge on any atom is -0.342 e. The van der Waals surface area contributed by atoms with Gasteiger partial charge in [0, 0.05) is 32.1 Å². The van der Waals surface area contributed by atoms with E-state index in [2.05, 4.69) is 18.8 Å². The number of aromatic nitrogens is 2. The lowest BCUT2D eigenvalue weighted by Gasteiger charge is -2.42. The van der Waals surface area contributed by atoms with Crippen LogP contribution in [-0.2, 0) is 11.3 Å². The number of fused-ring (bicyclic) bond motifs is 1. The number of carbonyl (C=O) groups excluding carboxylic acids is 1. The Labute approximate surface area is 138 Å². The molecule has 1 aliphatic rings. The highest BCUT2D eigenvalue weighted by Crippen LogP contribution is 2.28. The molecule has 3 rings (SSSR count). The summed E-state index contributed by atoms with van der Waals surface area (Å²) in [5, 5.41) is 2.48. The molecule has 0 radical (unpaired) electrons. The van der Waals surface area contributed by atoms with Gasteiger partial charge in [-0.1, -0.05) is 13.8 Å². The van der Waals surface area contributed by atoms with Gasteiger partial charge < -0.3 is 10.6 Å². The molecule has 23 heavy (non-hydrogen) atoms. The highest BCUT2D eigenvalue weighted by atomic mass is 32.1. The molecule has 6 nitrogen and oxygen atoms in total. The smallest absolute Gasteiger partial charge is 0.262 e. The van der Waals surface area contributed by atoms with Crippen LogP contribution >= 0.6 is 11.3 Å². The predicted octanol–water partition coefficient (Wildman–Crippen LogP) is 1.43. The molecule has 1 fully saturated rings. The molecule has 1 atom stereocenters. The average molecular weight is 334 g/mol. The van der Waals surface area contributed by atoms with Crippen molar-refractivity contribution < 1.29 is 4.79 Å². The van der Waals surface area contributed by atoms with Crippen molar-refractivity contribution in [2.45, 2.75) is 39.3 Å². The van der Waals surface area contributed by atoms with Crippen molar-refractivity contribution in [1.29, 1.82) is 0 Å². The Morgan fingerprint density at radius 2 is 2.30 bits per heavy atom. The fraction of sp³-hybridized carbons (Fsp3) is 0.562. The van der Waals surface area contributed by atoms with Gasteiger partial charge in [0.25, 0.3) is 5.56 Å². The van der Waals surface area contributed by atoms with Gasteiger partial charge in [-0.2, -0.15) is 0 Å². The maximum absolute atomic E-state index is 12.4. The zero-order chi connectivity index (χ0) is 16.6. The van der Waals surface area contributed by atoms with E-state index in [1.165, 1.54) is 22.2 Å². The number of nitrogens with zero attached hydrogens (tertiary/aromatic N) is 3. The summed E-state index contributed by atoms with van der Waals surface area (Å²) >= 11 is 1.45. The number of nitrogens with two attached hydrogens (primary N) is 1. The van der Waals surface area contributed by atoms with Gasteiger partial charge in [-0.25, -0.2) is 4.98 Å². The lowest BCUT2D eigenvalue weighted by atomic mass is 9.79. The Balaban J connectivity index is 1.66. The van der Waals surface area contributed by atoms with Crippen molar-refractivity contribution in [3.63, 3.8) is 0 Å². The summed E-state index contributed by atoms with van der Waals surface area (Å²) in [6, 6.07) is 1.90. The molecule has 2 N–H and O–H groups in total. The quantitative estimate of drug-likeness (QED) is 0.921. The van der Waals surface area contributed by atoms with E-state index in [1.54, 1.807) is 6.07 Å². The highest BCUT2D eigenvalue weighted by molar-refractivity contribution is 7.16. The molecular weight excluding hydrogens is 312 g/mol. The number of carbonyl (C=O) groups is 1. The third-order valence-electron chi connectivity index (χ3n) is 4.68. The van der Waals surface area contributed by atoms with Crippen molar-refractivity contribution in [2.75, 3.05) is 13.1 Å². The third kappa shape index (κ3) is 3.16. The van der Waals surface area contributed by atoms with Crippen LogP contribution in [0.25, 0.3) is 10.2 Å². The fourth-order valence-corrected chi connectivity index (χ4v) is 3.74. The van der Waals surface area contributed by atoms with Gasteiger partial charge in [0.05, 0.1) is 11.7 Å². The van der Waals surface area contributed by atoms with E-state index in [1.807, 2.05) is 10.3 Å². The number of aryl methyl sites for hydroxylation is 1. The lowest BCUT2D eigenvalue weighted by Crippen LogP contribution is -2.54. The number of thiophene rings is 1. The van der Waals surface area contributed by atoms with Crippen LogP contribution in [-0.4, -0.2) is 39.5 Å². The molecule has 0 aromatic carbocycles. The molecule has 0 spiro atoms. The van der Waals surface area contributed by atoms with Gasteiger partial charge >= 0.3 is 0 Å². The van der Waals surface area contributed by atoms with Crippen LogP contribution in [0.3, 0.4) is 0 Å². The van der Waals surface area contributed by atoms with Crippen LogP contribution in [0.15, 0.2) is 22.6 Å². The molecule has 1 unspecified atom stereocenters. The number of likely N-dealkylation sites (tertiary alicyclic amines) is 1. The number of amides is 1. The van der Waals surface area contributed by atoms with Gasteiger partial charge in [-0.15, -0.1) is 11.3 Å². The zero-order valence-electron chi connectivity index (χ0n) is 13.5. The van der Waals surface area contributed by atoms with Crippen molar-refractivity contribution in [3.05, 3.63) is 28.1 Å². The van der Waals surface area contributed by atoms with Crippen molar-refractivity contribution >= 4 is 27.5 Å². The van der Waals surface area contributed by atoms with Crippen LogP contribution < -0.4 is 11.3 Å². The SMILES string of the molecule is CC1(C)CN(C(=O)CCn2cnc3sccc3c2=O)CCC1N. The molecule has 0 bridgehead atoms. The summed E-state index contributed by atoms with van der Waals surface area (Å²) < 4.78 is 1.52. The van der Waals surface area contributed by atoms with E-state index in [-0.39, 0.29) is 22.9 Å². The van der Waals surface area contributed by atoms with Crippen LogP contribution in [0.4, 0.5) is 0 Å².